The van der Waals surface area contributed by atoms with Crippen LogP contribution in [0.3, 0.4) is 0 Å². The van der Waals surface area contributed by atoms with Gasteiger partial charge in [0.1, 0.15) is 0 Å². The Balaban J connectivity index is 3.80. The number of allylic oxidation sites excluding steroid dienone is 2. The van der Waals surface area contributed by atoms with Gasteiger partial charge >= 0.3 is 0 Å². The molecule has 0 nitrogen and oxygen atoms in total. The number of rotatable bonds is 3. The van der Waals surface area contributed by atoms with Gasteiger partial charge in [0, 0.05) is 0 Å². The average Bonchev–Trinajstić information content (AvgIpc) is 1.90. The Kier molecular flexibility index (Phi) is 4.47. The average molecular weight is 125 g/mol. The van der Waals surface area contributed by atoms with E-state index in [0.29, 0.717) is 0 Å². The summed E-state index contributed by atoms with van der Waals surface area (Å²) in [5, 5.41) is 0. The monoisotopic (exact) mass is 125 g/mol. The summed E-state index contributed by atoms with van der Waals surface area (Å²) in [6.07, 6.45) is 5.62. The Morgan fingerprint density at radius 3 is 2.11 bits per heavy atom. The van der Waals surface area contributed by atoms with Crippen LogP contribution in [0.4, 0.5) is 0 Å². The van der Waals surface area contributed by atoms with Gasteiger partial charge in [-0.1, -0.05) is 26.3 Å². The predicted molar refractivity (Wildman–Crippen MR) is 42.2 cm³/mol. The third kappa shape index (κ3) is 2.69. The van der Waals surface area contributed by atoms with E-state index >= 15 is 0 Å². The molecule has 53 valence electrons. The molecule has 0 bridgehead atoms. The van der Waals surface area contributed by atoms with Gasteiger partial charge in [0.25, 0.3) is 0 Å². The van der Waals surface area contributed by atoms with Crippen LogP contribution >= 0.6 is 0 Å². The summed E-state index contributed by atoms with van der Waals surface area (Å²) in [6.45, 7) is 8.68. The summed E-state index contributed by atoms with van der Waals surface area (Å²) in [4.78, 5) is 0. The van der Waals surface area contributed by atoms with Gasteiger partial charge in [0.2, 0.25) is 0 Å². The summed E-state index contributed by atoms with van der Waals surface area (Å²) >= 11 is 0. The standard InChI is InChI=1S/C9H17/c1-5-8(4)9(6-2)7-3/h8H,5-6H2,1-4H3. The number of hydrogen-bond acceptors (Lipinski definition) is 0. The quantitative estimate of drug-likeness (QED) is 0.543. The first-order valence-corrected chi connectivity index (χ1v) is 3.79. The van der Waals surface area contributed by atoms with Gasteiger partial charge in [0.15, 0.2) is 0 Å². The zero-order chi connectivity index (χ0) is 7.28. The van der Waals surface area contributed by atoms with Crippen LogP contribution in [0.2, 0.25) is 0 Å². The van der Waals surface area contributed by atoms with Gasteiger partial charge < -0.3 is 0 Å². The molecule has 0 aromatic rings. The van der Waals surface area contributed by atoms with Crippen LogP contribution in [0, 0.1) is 12.0 Å². The van der Waals surface area contributed by atoms with Crippen molar-refractivity contribution in [2.45, 2.75) is 40.5 Å². The molecule has 1 radical (unpaired) electrons. The van der Waals surface area contributed by atoms with Crippen molar-refractivity contribution < 1.29 is 0 Å². The molecule has 0 saturated carbocycles. The Morgan fingerprint density at radius 1 is 1.44 bits per heavy atom. The van der Waals surface area contributed by atoms with Crippen LogP contribution in [0.25, 0.3) is 0 Å². The largest absolute Gasteiger partial charge is 0.0648 e. The highest BCUT2D eigenvalue weighted by atomic mass is 14.1. The van der Waals surface area contributed by atoms with Gasteiger partial charge in [-0.05, 0) is 31.8 Å². The Labute approximate surface area is 59.0 Å². The Hall–Kier alpha value is -0.260. The smallest absolute Gasteiger partial charge is 0.0229 e. The highest BCUT2D eigenvalue weighted by Gasteiger charge is 2.01. The lowest BCUT2D eigenvalue weighted by Crippen LogP contribution is -1.95. The zero-order valence-electron chi connectivity index (χ0n) is 6.99. The molecule has 0 rings (SSSR count). The van der Waals surface area contributed by atoms with Crippen LogP contribution in [0.5, 0.6) is 0 Å². The van der Waals surface area contributed by atoms with Gasteiger partial charge in [-0.25, -0.2) is 0 Å². The fourth-order valence-corrected chi connectivity index (χ4v) is 1.02. The third-order valence-electron chi connectivity index (χ3n) is 1.91. The van der Waals surface area contributed by atoms with E-state index in [9.17, 15) is 0 Å². The van der Waals surface area contributed by atoms with Crippen LogP contribution in [0.1, 0.15) is 40.5 Å². The molecule has 0 N–H and O–H groups in total. The summed E-state index contributed by atoms with van der Waals surface area (Å²) in [5.74, 6) is 0.736. The summed E-state index contributed by atoms with van der Waals surface area (Å²) in [6, 6.07) is 0. The minimum Gasteiger partial charge on any atom is -0.0648 e. The molecule has 0 heteroatoms. The molecule has 0 aromatic heterocycles. The molecule has 9 heavy (non-hydrogen) atoms. The Bertz CT molecular complexity index is 90.2. The lowest BCUT2D eigenvalue weighted by atomic mass is 9.96. The van der Waals surface area contributed by atoms with Crippen molar-refractivity contribution in [3.63, 3.8) is 0 Å². The van der Waals surface area contributed by atoms with Gasteiger partial charge in [-0.15, -0.1) is 0 Å². The summed E-state index contributed by atoms with van der Waals surface area (Å²) in [7, 11) is 0. The van der Waals surface area contributed by atoms with E-state index in [4.69, 9.17) is 0 Å². The minimum absolute atomic E-state index is 0.736. The lowest BCUT2D eigenvalue weighted by molar-refractivity contribution is 0.629. The molecule has 0 aliphatic heterocycles. The van der Waals surface area contributed by atoms with Crippen molar-refractivity contribution in [3.05, 3.63) is 11.6 Å². The van der Waals surface area contributed by atoms with E-state index in [1.807, 2.05) is 6.92 Å². The van der Waals surface area contributed by atoms with Crippen LogP contribution in [-0.2, 0) is 0 Å². The zero-order valence-corrected chi connectivity index (χ0v) is 6.99. The van der Waals surface area contributed by atoms with Crippen molar-refractivity contribution >= 4 is 0 Å². The molecule has 0 aliphatic carbocycles. The molecule has 1 unspecified atom stereocenters. The Morgan fingerprint density at radius 2 is 2.00 bits per heavy atom. The van der Waals surface area contributed by atoms with E-state index in [0.717, 1.165) is 12.3 Å². The summed E-state index contributed by atoms with van der Waals surface area (Å²) in [5.41, 5.74) is 1.47. The minimum atomic E-state index is 0.736. The van der Waals surface area contributed by atoms with E-state index < -0.39 is 0 Å². The topological polar surface area (TPSA) is 0 Å². The van der Waals surface area contributed by atoms with Crippen molar-refractivity contribution in [2.24, 2.45) is 5.92 Å². The SMILES string of the molecule is C/[C]=C(\CC)C(C)CC. The fraction of sp³-hybridized carbons (Fsp3) is 0.778. The maximum atomic E-state index is 3.22. The van der Waals surface area contributed by atoms with Gasteiger partial charge in [-0.2, -0.15) is 0 Å². The van der Waals surface area contributed by atoms with Crippen molar-refractivity contribution in [3.8, 4) is 0 Å². The van der Waals surface area contributed by atoms with E-state index in [-0.39, 0.29) is 0 Å². The van der Waals surface area contributed by atoms with Gasteiger partial charge in [0.05, 0.1) is 0 Å². The fourth-order valence-electron chi connectivity index (χ4n) is 1.02. The van der Waals surface area contributed by atoms with E-state index in [2.05, 4.69) is 26.8 Å². The highest BCUT2D eigenvalue weighted by molar-refractivity contribution is 4.98. The molecule has 0 fully saturated rings. The first kappa shape index (κ1) is 8.74. The molecule has 0 heterocycles. The van der Waals surface area contributed by atoms with Gasteiger partial charge in [-0.3, -0.25) is 0 Å². The maximum Gasteiger partial charge on any atom is -0.0229 e. The second kappa shape index (κ2) is 4.60. The molecule has 0 aliphatic rings. The van der Waals surface area contributed by atoms with E-state index in [1.54, 1.807) is 0 Å². The van der Waals surface area contributed by atoms with Crippen LogP contribution in [0.15, 0.2) is 5.57 Å². The van der Waals surface area contributed by atoms with Crippen molar-refractivity contribution in [1.29, 1.82) is 0 Å². The first-order chi connectivity index (χ1) is 4.26. The van der Waals surface area contributed by atoms with Crippen molar-refractivity contribution in [1.82, 2.24) is 0 Å². The molecule has 0 aromatic carbocycles. The molecule has 0 amide bonds. The van der Waals surface area contributed by atoms with Crippen LogP contribution < -0.4 is 0 Å². The molecule has 1 atom stereocenters. The van der Waals surface area contributed by atoms with Crippen molar-refractivity contribution in [2.75, 3.05) is 0 Å². The second-order valence-electron chi connectivity index (χ2n) is 2.44. The van der Waals surface area contributed by atoms with Crippen LogP contribution in [-0.4, -0.2) is 0 Å². The van der Waals surface area contributed by atoms with E-state index in [1.165, 1.54) is 12.0 Å². The predicted octanol–water partition coefficient (Wildman–Crippen LogP) is 3.19. The molecular formula is C9H17. The second-order valence-corrected chi connectivity index (χ2v) is 2.44. The third-order valence-corrected chi connectivity index (χ3v) is 1.91. The molecule has 0 saturated heterocycles. The lowest BCUT2D eigenvalue weighted by Gasteiger charge is -2.09. The highest BCUT2D eigenvalue weighted by Crippen LogP contribution is 2.15. The normalized spacial score (nSPS) is 15.8. The maximum absolute atomic E-state index is 3.22. The molecular weight excluding hydrogens is 108 g/mol. The summed E-state index contributed by atoms with van der Waals surface area (Å²) < 4.78 is 0. The molecule has 0 spiro atoms. The number of hydrogen-bond donors (Lipinski definition) is 0. The first-order valence-electron chi connectivity index (χ1n) is 3.79.